The van der Waals surface area contributed by atoms with Gasteiger partial charge in [-0.15, -0.1) is 0 Å². The van der Waals surface area contributed by atoms with Crippen LogP contribution < -0.4 is 0 Å². The number of carbonyl (C=O) groups is 3. The summed E-state index contributed by atoms with van der Waals surface area (Å²) in [6.45, 7) is 2.17. The summed E-state index contributed by atoms with van der Waals surface area (Å²) in [6, 6.07) is 12.7. The number of aromatic carboxylic acids is 1. The van der Waals surface area contributed by atoms with Crippen LogP contribution in [0.3, 0.4) is 0 Å². The minimum absolute atomic E-state index is 0.359. The van der Waals surface area contributed by atoms with Gasteiger partial charge in [0.05, 0.1) is 5.56 Å². The first kappa shape index (κ1) is 18.1. The zero-order valence-corrected chi connectivity index (χ0v) is 11.6. The van der Waals surface area contributed by atoms with E-state index >= 15 is 0 Å². The summed E-state index contributed by atoms with van der Waals surface area (Å²) >= 11 is 0. The molecular weight excluding hydrogens is 276 g/mol. The fourth-order valence-corrected chi connectivity index (χ4v) is 1.41. The highest BCUT2D eigenvalue weighted by molar-refractivity contribution is 6.03. The number of fused-ring (bicyclic) bond motifs is 1. The highest BCUT2D eigenvalue weighted by atomic mass is 16.4. The van der Waals surface area contributed by atoms with Crippen molar-refractivity contribution in [1.29, 1.82) is 0 Å². The van der Waals surface area contributed by atoms with Gasteiger partial charge in [0, 0.05) is 13.8 Å². The van der Waals surface area contributed by atoms with Crippen molar-refractivity contribution >= 4 is 28.7 Å². The Bertz CT molecular complexity index is 608. The van der Waals surface area contributed by atoms with Crippen LogP contribution in [-0.2, 0) is 9.59 Å². The Morgan fingerprint density at radius 1 is 0.762 bits per heavy atom. The van der Waals surface area contributed by atoms with Crippen molar-refractivity contribution < 1.29 is 29.7 Å². The van der Waals surface area contributed by atoms with Crippen LogP contribution in [0.4, 0.5) is 0 Å². The molecule has 0 atom stereocenters. The van der Waals surface area contributed by atoms with Gasteiger partial charge in [0.15, 0.2) is 0 Å². The number of rotatable bonds is 1. The molecule has 2 aromatic rings. The number of carboxylic acid groups (broad SMARTS) is 3. The van der Waals surface area contributed by atoms with Crippen LogP contribution in [0.15, 0.2) is 42.5 Å². The SMILES string of the molecule is CC(=O)O.CC(=O)O.O=C(O)c1cccc2ccccc12. The quantitative estimate of drug-likeness (QED) is 0.745. The van der Waals surface area contributed by atoms with Crippen LogP contribution in [0.5, 0.6) is 0 Å². The second-order valence-electron chi connectivity index (χ2n) is 3.87. The summed E-state index contributed by atoms with van der Waals surface area (Å²) in [5.74, 6) is -2.54. The predicted octanol–water partition coefficient (Wildman–Crippen LogP) is 2.72. The molecule has 0 amide bonds. The first-order chi connectivity index (χ1) is 9.75. The molecule has 3 N–H and O–H groups in total. The van der Waals surface area contributed by atoms with Crippen LogP contribution in [0.1, 0.15) is 24.2 Å². The number of hydrogen-bond acceptors (Lipinski definition) is 3. The normalized spacial score (nSPS) is 8.67. The molecular formula is C15H16O6. The summed E-state index contributed by atoms with van der Waals surface area (Å²) in [5.41, 5.74) is 0.359. The van der Waals surface area contributed by atoms with Gasteiger partial charge in [0.2, 0.25) is 0 Å². The molecule has 0 radical (unpaired) electrons. The Balaban J connectivity index is 0.000000421. The van der Waals surface area contributed by atoms with Gasteiger partial charge in [-0.05, 0) is 16.8 Å². The third kappa shape index (κ3) is 7.99. The van der Waals surface area contributed by atoms with E-state index in [0.717, 1.165) is 24.6 Å². The molecule has 0 aliphatic carbocycles. The van der Waals surface area contributed by atoms with E-state index in [1.165, 1.54) is 0 Å². The maximum atomic E-state index is 10.8. The van der Waals surface area contributed by atoms with Crippen molar-refractivity contribution in [3.05, 3.63) is 48.0 Å². The molecule has 0 aliphatic rings. The van der Waals surface area contributed by atoms with E-state index in [9.17, 15) is 4.79 Å². The molecule has 112 valence electrons. The zero-order chi connectivity index (χ0) is 16.4. The van der Waals surface area contributed by atoms with Gasteiger partial charge >= 0.3 is 5.97 Å². The van der Waals surface area contributed by atoms with E-state index in [1.807, 2.05) is 30.3 Å². The molecule has 0 fully saturated rings. The van der Waals surface area contributed by atoms with E-state index in [1.54, 1.807) is 12.1 Å². The molecule has 0 saturated heterocycles. The maximum absolute atomic E-state index is 10.8. The number of aliphatic carboxylic acids is 2. The lowest BCUT2D eigenvalue weighted by atomic mass is 10.1. The van der Waals surface area contributed by atoms with E-state index in [-0.39, 0.29) is 0 Å². The van der Waals surface area contributed by atoms with Crippen LogP contribution in [0, 0.1) is 0 Å². The van der Waals surface area contributed by atoms with Crippen molar-refractivity contribution in [2.45, 2.75) is 13.8 Å². The molecule has 2 aromatic carbocycles. The van der Waals surface area contributed by atoms with Crippen molar-refractivity contribution in [3.63, 3.8) is 0 Å². The average Bonchev–Trinajstić information content (AvgIpc) is 2.36. The van der Waals surface area contributed by atoms with E-state index < -0.39 is 17.9 Å². The molecule has 0 unspecified atom stereocenters. The van der Waals surface area contributed by atoms with Gasteiger partial charge in [-0.25, -0.2) is 4.79 Å². The molecule has 0 saturated carbocycles. The second kappa shape index (κ2) is 9.08. The summed E-state index contributed by atoms with van der Waals surface area (Å²) in [6.07, 6.45) is 0. The Hall–Kier alpha value is -2.89. The molecule has 0 aliphatic heterocycles. The zero-order valence-electron chi connectivity index (χ0n) is 11.6. The van der Waals surface area contributed by atoms with Crippen LogP contribution in [-0.4, -0.2) is 33.2 Å². The van der Waals surface area contributed by atoms with Crippen molar-refractivity contribution in [1.82, 2.24) is 0 Å². The molecule has 6 nitrogen and oxygen atoms in total. The smallest absolute Gasteiger partial charge is 0.336 e. The highest BCUT2D eigenvalue weighted by Crippen LogP contribution is 2.17. The number of carboxylic acids is 3. The Morgan fingerprint density at radius 3 is 1.67 bits per heavy atom. The maximum Gasteiger partial charge on any atom is 0.336 e. The van der Waals surface area contributed by atoms with Gasteiger partial charge < -0.3 is 15.3 Å². The standard InChI is InChI=1S/C11H8O2.2C2H4O2/c12-11(13)10-7-3-5-8-4-1-2-6-9(8)10;2*1-2(3)4/h1-7H,(H,12,13);2*1H3,(H,3,4). The molecule has 0 spiro atoms. The number of benzene rings is 2. The lowest BCUT2D eigenvalue weighted by Crippen LogP contribution is -1.96. The minimum atomic E-state index is -0.878. The monoisotopic (exact) mass is 292 g/mol. The molecule has 21 heavy (non-hydrogen) atoms. The molecule has 0 aromatic heterocycles. The predicted molar refractivity (Wildman–Crippen MR) is 77.5 cm³/mol. The minimum Gasteiger partial charge on any atom is -0.481 e. The lowest BCUT2D eigenvalue weighted by molar-refractivity contribution is -0.135. The fraction of sp³-hybridized carbons (Fsp3) is 0.133. The van der Waals surface area contributed by atoms with Gasteiger partial charge in [-0.2, -0.15) is 0 Å². The molecule has 2 rings (SSSR count). The van der Waals surface area contributed by atoms with Gasteiger partial charge in [-0.1, -0.05) is 36.4 Å². The summed E-state index contributed by atoms with van der Waals surface area (Å²) < 4.78 is 0. The first-order valence-corrected chi connectivity index (χ1v) is 5.85. The Kier molecular flexibility index (Phi) is 7.83. The topological polar surface area (TPSA) is 112 Å². The van der Waals surface area contributed by atoms with Crippen LogP contribution in [0.25, 0.3) is 10.8 Å². The van der Waals surface area contributed by atoms with Gasteiger partial charge in [0.25, 0.3) is 11.9 Å². The van der Waals surface area contributed by atoms with Gasteiger partial charge in [0.1, 0.15) is 0 Å². The van der Waals surface area contributed by atoms with Crippen LogP contribution in [0.2, 0.25) is 0 Å². The average molecular weight is 292 g/mol. The van der Waals surface area contributed by atoms with E-state index in [2.05, 4.69) is 0 Å². The fourth-order valence-electron chi connectivity index (χ4n) is 1.41. The Labute approximate surface area is 121 Å². The second-order valence-corrected chi connectivity index (χ2v) is 3.87. The van der Waals surface area contributed by atoms with Gasteiger partial charge in [-0.3, -0.25) is 9.59 Å². The molecule has 0 bridgehead atoms. The lowest BCUT2D eigenvalue weighted by Gasteiger charge is -2.00. The summed E-state index contributed by atoms with van der Waals surface area (Å²) in [4.78, 5) is 28.8. The molecule has 6 heteroatoms. The highest BCUT2D eigenvalue weighted by Gasteiger charge is 2.05. The Morgan fingerprint density at radius 2 is 1.19 bits per heavy atom. The largest absolute Gasteiger partial charge is 0.481 e. The summed E-state index contributed by atoms with van der Waals surface area (Å²) in [5, 5.41) is 25.5. The first-order valence-electron chi connectivity index (χ1n) is 5.85. The number of hydrogen-bond donors (Lipinski definition) is 3. The van der Waals surface area contributed by atoms with E-state index in [0.29, 0.717) is 5.56 Å². The van der Waals surface area contributed by atoms with E-state index in [4.69, 9.17) is 24.9 Å². The third-order valence-electron chi connectivity index (χ3n) is 2.02. The van der Waals surface area contributed by atoms with Crippen molar-refractivity contribution in [2.75, 3.05) is 0 Å². The summed E-state index contributed by atoms with van der Waals surface area (Å²) in [7, 11) is 0. The van der Waals surface area contributed by atoms with Crippen molar-refractivity contribution in [2.24, 2.45) is 0 Å². The molecule has 0 heterocycles. The van der Waals surface area contributed by atoms with Crippen LogP contribution >= 0.6 is 0 Å². The third-order valence-corrected chi connectivity index (χ3v) is 2.02. The van der Waals surface area contributed by atoms with Crippen molar-refractivity contribution in [3.8, 4) is 0 Å².